The van der Waals surface area contributed by atoms with Crippen molar-refractivity contribution in [2.24, 2.45) is 0 Å². The van der Waals surface area contributed by atoms with E-state index in [4.69, 9.17) is 9.47 Å². The van der Waals surface area contributed by atoms with Gasteiger partial charge in [-0.05, 0) is 37.0 Å². The summed E-state index contributed by atoms with van der Waals surface area (Å²) in [6.45, 7) is 1.73. The highest BCUT2D eigenvalue weighted by molar-refractivity contribution is 5.79. The maximum atomic E-state index is 12.6. The van der Waals surface area contributed by atoms with Gasteiger partial charge in [0.05, 0.1) is 18.2 Å². The van der Waals surface area contributed by atoms with E-state index in [0.717, 1.165) is 35.7 Å². The molecule has 0 radical (unpaired) electrons. The molecular weight excluding hydrogens is 320 g/mol. The molecule has 1 amide bonds. The fourth-order valence-electron chi connectivity index (χ4n) is 3.56. The average Bonchev–Trinajstić information content (AvgIpc) is 3.07. The fraction of sp³-hybridized carbons (Fsp3) is 0.500. The lowest BCUT2D eigenvalue weighted by molar-refractivity contribution is -0.129. The van der Waals surface area contributed by atoms with Gasteiger partial charge in [-0.3, -0.25) is 4.79 Å². The Labute approximate surface area is 145 Å². The third-order valence-electron chi connectivity index (χ3n) is 5.21. The largest absolute Gasteiger partial charge is 0.454 e. The smallest absolute Gasteiger partial charge is 0.231 e. The number of amides is 1. The maximum absolute atomic E-state index is 12.6. The molecule has 1 saturated carbocycles. The zero-order chi connectivity index (χ0) is 16.8. The van der Waals surface area contributed by atoms with Crippen molar-refractivity contribution in [2.75, 3.05) is 19.9 Å². The molecule has 2 aliphatic heterocycles. The van der Waals surface area contributed by atoms with Crippen molar-refractivity contribution in [1.82, 2.24) is 19.9 Å². The minimum Gasteiger partial charge on any atom is -0.454 e. The summed E-state index contributed by atoms with van der Waals surface area (Å²) in [5.41, 5.74) is 2.06. The summed E-state index contributed by atoms with van der Waals surface area (Å²) in [6.07, 6.45) is 5.83. The van der Waals surface area contributed by atoms with Crippen LogP contribution in [0.1, 0.15) is 42.5 Å². The van der Waals surface area contributed by atoms with Crippen LogP contribution in [0, 0.1) is 0 Å². The number of rotatable bonds is 4. The van der Waals surface area contributed by atoms with Crippen LogP contribution >= 0.6 is 0 Å². The van der Waals surface area contributed by atoms with E-state index in [2.05, 4.69) is 16.5 Å². The first kappa shape index (κ1) is 14.7. The van der Waals surface area contributed by atoms with Crippen molar-refractivity contribution in [1.29, 1.82) is 0 Å². The van der Waals surface area contributed by atoms with Gasteiger partial charge in [-0.2, -0.15) is 0 Å². The molecule has 2 aromatic rings. The summed E-state index contributed by atoms with van der Waals surface area (Å²) in [5, 5.41) is 8.55. The highest BCUT2D eigenvalue weighted by Crippen LogP contribution is 2.39. The Morgan fingerprint density at radius 3 is 2.96 bits per heavy atom. The number of aromatic nitrogens is 3. The first-order chi connectivity index (χ1) is 12.3. The number of fused-ring (bicyclic) bond motifs is 1. The lowest BCUT2D eigenvalue weighted by Gasteiger charge is -2.16. The molecule has 1 atom stereocenters. The highest BCUT2D eigenvalue weighted by Gasteiger charge is 2.31. The minimum absolute atomic E-state index is 0.142. The quantitative estimate of drug-likeness (QED) is 0.850. The summed E-state index contributed by atoms with van der Waals surface area (Å²) >= 11 is 0. The maximum Gasteiger partial charge on any atom is 0.231 e. The molecule has 1 aromatic heterocycles. The molecule has 7 heteroatoms. The molecule has 3 heterocycles. The second kappa shape index (κ2) is 5.75. The number of carbonyl (C=O) groups excluding carboxylic acids is 1. The Bertz CT molecular complexity index is 814. The Kier molecular flexibility index (Phi) is 3.39. The minimum atomic E-state index is 0.142. The number of ether oxygens (including phenoxy) is 2. The second-order valence-corrected chi connectivity index (χ2v) is 7.04. The van der Waals surface area contributed by atoms with Gasteiger partial charge in [-0.25, -0.2) is 4.68 Å². The third-order valence-corrected chi connectivity index (χ3v) is 5.21. The number of hydrogen-bond acceptors (Lipinski definition) is 5. The van der Waals surface area contributed by atoms with Crippen LogP contribution in [0.25, 0.3) is 0 Å². The van der Waals surface area contributed by atoms with Gasteiger partial charge >= 0.3 is 0 Å². The first-order valence-electron chi connectivity index (χ1n) is 8.84. The van der Waals surface area contributed by atoms with Crippen molar-refractivity contribution in [2.45, 2.75) is 37.6 Å². The van der Waals surface area contributed by atoms with E-state index >= 15 is 0 Å². The molecule has 5 rings (SSSR count). The SMILES string of the molecule is O=C(Cc1ccc2c(c1)OCO2)N1CCC(n2cc(C3CC3)nn2)C1. The molecule has 1 unspecified atom stereocenters. The molecule has 3 aliphatic rings. The number of benzene rings is 1. The van der Waals surface area contributed by atoms with Gasteiger partial charge in [0.1, 0.15) is 0 Å². The summed E-state index contributed by atoms with van der Waals surface area (Å²) < 4.78 is 12.6. The van der Waals surface area contributed by atoms with Crippen LogP contribution in [0.5, 0.6) is 11.5 Å². The Morgan fingerprint density at radius 1 is 1.20 bits per heavy atom. The van der Waals surface area contributed by atoms with E-state index in [0.29, 0.717) is 18.9 Å². The molecule has 2 fully saturated rings. The van der Waals surface area contributed by atoms with Crippen molar-refractivity contribution in [3.05, 3.63) is 35.7 Å². The average molecular weight is 340 g/mol. The van der Waals surface area contributed by atoms with E-state index in [1.807, 2.05) is 27.8 Å². The van der Waals surface area contributed by atoms with Gasteiger partial charge in [0, 0.05) is 25.2 Å². The predicted octanol–water partition coefficient (Wildman–Crippen LogP) is 1.90. The molecule has 1 saturated heterocycles. The Morgan fingerprint density at radius 2 is 2.08 bits per heavy atom. The van der Waals surface area contributed by atoms with Gasteiger partial charge in [-0.1, -0.05) is 11.3 Å². The highest BCUT2D eigenvalue weighted by atomic mass is 16.7. The zero-order valence-corrected chi connectivity index (χ0v) is 13.9. The summed E-state index contributed by atoms with van der Waals surface area (Å²) in [5.74, 6) is 2.22. The van der Waals surface area contributed by atoms with Crippen molar-refractivity contribution in [3.8, 4) is 11.5 Å². The van der Waals surface area contributed by atoms with Crippen molar-refractivity contribution in [3.63, 3.8) is 0 Å². The summed E-state index contributed by atoms with van der Waals surface area (Å²) in [4.78, 5) is 14.5. The topological polar surface area (TPSA) is 69.5 Å². The molecule has 25 heavy (non-hydrogen) atoms. The van der Waals surface area contributed by atoms with Crippen LogP contribution in [0.15, 0.2) is 24.4 Å². The van der Waals surface area contributed by atoms with E-state index in [1.54, 1.807) is 0 Å². The van der Waals surface area contributed by atoms with Crippen LogP contribution in [0.3, 0.4) is 0 Å². The fourth-order valence-corrected chi connectivity index (χ4v) is 3.56. The van der Waals surface area contributed by atoms with Crippen LogP contribution < -0.4 is 9.47 Å². The second-order valence-electron chi connectivity index (χ2n) is 7.04. The Hall–Kier alpha value is -2.57. The number of likely N-dealkylation sites (tertiary alicyclic amines) is 1. The van der Waals surface area contributed by atoms with Crippen LogP contribution in [0.2, 0.25) is 0 Å². The van der Waals surface area contributed by atoms with Gasteiger partial charge in [0.2, 0.25) is 12.7 Å². The monoisotopic (exact) mass is 340 g/mol. The normalized spacial score (nSPS) is 21.8. The van der Waals surface area contributed by atoms with Crippen LogP contribution in [-0.2, 0) is 11.2 Å². The van der Waals surface area contributed by atoms with E-state index < -0.39 is 0 Å². The summed E-state index contributed by atoms with van der Waals surface area (Å²) in [6, 6.07) is 5.93. The first-order valence-corrected chi connectivity index (χ1v) is 8.84. The third kappa shape index (κ3) is 2.83. The number of hydrogen-bond donors (Lipinski definition) is 0. The molecule has 1 aliphatic carbocycles. The van der Waals surface area contributed by atoms with E-state index in [1.165, 1.54) is 12.8 Å². The van der Waals surface area contributed by atoms with Gasteiger partial charge in [0.15, 0.2) is 11.5 Å². The van der Waals surface area contributed by atoms with Crippen molar-refractivity contribution < 1.29 is 14.3 Å². The standard InChI is InChI=1S/C18H20N4O3/c23-18(8-12-1-4-16-17(7-12)25-11-24-16)21-6-5-14(9-21)22-10-15(19-20-22)13-2-3-13/h1,4,7,10,13-14H,2-3,5-6,8-9,11H2. The van der Waals surface area contributed by atoms with E-state index in [-0.39, 0.29) is 18.7 Å². The van der Waals surface area contributed by atoms with Crippen molar-refractivity contribution >= 4 is 5.91 Å². The number of carbonyl (C=O) groups is 1. The molecular formula is C18H20N4O3. The molecule has 7 nitrogen and oxygen atoms in total. The lowest BCUT2D eigenvalue weighted by atomic mass is 10.1. The Balaban J connectivity index is 1.22. The van der Waals surface area contributed by atoms with Gasteiger partial charge < -0.3 is 14.4 Å². The van der Waals surface area contributed by atoms with Gasteiger partial charge in [-0.15, -0.1) is 5.10 Å². The number of nitrogens with zero attached hydrogens (tertiary/aromatic N) is 4. The van der Waals surface area contributed by atoms with Gasteiger partial charge in [0.25, 0.3) is 0 Å². The molecule has 130 valence electrons. The lowest BCUT2D eigenvalue weighted by Crippen LogP contribution is -2.30. The molecule has 0 N–H and O–H groups in total. The zero-order valence-electron chi connectivity index (χ0n) is 13.9. The van der Waals surface area contributed by atoms with Crippen LogP contribution in [-0.4, -0.2) is 45.7 Å². The van der Waals surface area contributed by atoms with E-state index in [9.17, 15) is 4.79 Å². The molecule has 0 bridgehead atoms. The van der Waals surface area contributed by atoms with Crippen LogP contribution in [0.4, 0.5) is 0 Å². The summed E-state index contributed by atoms with van der Waals surface area (Å²) in [7, 11) is 0. The molecule has 1 aromatic carbocycles. The predicted molar refractivity (Wildman–Crippen MR) is 88.5 cm³/mol. The molecule has 0 spiro atoms.